The van der Waals surface area contributed by atoms with Gasteiger partial charge < -0.3 is 10.2 Å². The van der Waals surface area contributed by atoms with Gasteiger partial charge in [0.2, 0.25) is 5.78 Å². The highest BCUT2D eigenvalue weighted by Gasteiger charge is 2.31. The molecule has 2 aliphatic heterocycles. The Labute approximate surface area is 128 Å². The number of rotatable bonds is 3. The topological polar surface area (TPSA) is 65.8 Å². The van der Waals surface area contributed by atoms with Crippen molar-refractivity contribution in [3.05, 3.63) is 30.4 Å². The number of hydrogen-bond acceptors (Lipinski definition) is 4. The van der Waals surface area contributed by atoms with Crippen LogP contribution in [0, 0.1) is 0 Å². The number of likely N-dealkylation sites (tertiary alicyclic amines) is 1. The predicted molar refractivity (Wildman–Crippen MR) is 81.4 cm³/mol. The van der Waals surface area contributed by atoms with Crippen LogP contribution in [-0.2, 0) is 6.54 Å². The van der Waals surface area contributed by atoms with Crippen molar-refractivity contribution in [2.24, 2.45) is 0 Å². The average Bonchev–Trinajstić information content (AvgIpc) is 3.12. The Morgan fingerprint density at radius 2 is 2.32 bits per heavy atom. The number of carbonyl (C=O) groups is 1. The largest absolute Gasteiger partial charge is 0.336 e. The molecule has 1 atom stereocenters. The van der Waals surface area contributed by atoms with E-state index in [0.29, 0.717) is 6.04 Å². The minimum atomic E-state index is 0.0868. The quantitative estimate of drug-likeness (QED) is 0.907. The zero-order valence-corrected chi connectivity index (χ0v) is 12.5. The highest BCUT2D eigenvalue weighted by atomic mass is 16.2. The van der Waals surface area contributed by atoms with Crippen LogP contribution >= 0.6 is 0 Å². The normalized spacial score (nSPS) is 23.2. The third kappa shape index (κ3) is 2.52. The summed E-state index contributed by atoms with van der Waals surface area (Å²) in [4.78, 5) is 25.0. The summed E-state index contributed by atoms with van der Waals surface area (Å²) in [5.74, 6) is 0.741. The molecule has 2 fully saturated rings. The van der Waals surface area contributed by atoms with E-state index in [1.54, 1.807) is 6.20 Å². The first kappa shape index (κ1) is 13.5. The Kier molecular flexibility index (Phi) is 3.42. The molecule has 7 heteroatoms. The van der Waals surface area contributed by atoms with Gasteiger partial charge in [0.05, 0.1) is 5.69 Å². The number of urea groups is 1. The fraction of sp³-hybridized carbons (Fsp3) is 0.533. The highest BCUT2D eigenvalue weighted by molar-refractivity contribution is 5.76. The van der Waals surface area contributed by atoms with Crippen molar-refractivity contribution in [3.63, 3.8) is 0 Å². The van der Waals surface area contributed by atoms with E-state index in [1.165, 1.54) is 0 Å². The molecule has 2 saturated heterocycles. The molecular formula is C15H20N6O. The highest BCUT2D eigenvalue weighted by Crippen LogP contribution is 2.19. The molecule has 1 unspecified atom stereocenters. The molecule has 1 N–H and O–H groups in total. The molecular weight excluding hydrogens is 280 g/mol. The number of hydrogen-bond donors (Lipinski definition) is 1. The van der Waals surface area contributed by atoms with Gasteiger partial charge in [0.15, 0.2) is 0 Å². The predicted octanol–water partition coefficient (Wildman–Crippen LogP) is 0.719. The molecule has 0 aromatic carbocycles. The number of fused-ring (bicyclic) bond motifs is 1. The number of nitrogens with zero attached hydrogens (tertiary/aromatic N) is 5. The molecule has 0 radical (unpaired) electrons. The van der Waals surface area contributed by atoms with E-state index >= 15 is 0 Å². The molecule has 2 amide bonds. The van der Waals surface area contributed by atoms with Crippen molar-refractivity contribution in [1.82, 2.24) is 29.5 Å². The van der Waals surface area contributed by atoms with E-state index in [1.807, 2.05) is 27.8 Å². The summed E-state index contributed by atoms with van der Waals surface area (Å²) in [5, 5.41) is 2.89. The molecule has 4 heterocycles. The number of aromatic nitrogens is 3. The van der Waals surface area contributed by atoms with Gasteiger partial charge in [0.25, 0.3) is 0 Å². The van der Waals surface area contributed by atoms with Crippen LogP contribution in [0.2, 0.25) is 0 Å². The monoisotopic (exact) mass is 300 g/mol. The second-order valence-corrected chi connectivity index (χ2v) is 6.02. The Morgan fingerprint density at radius 3 is 3.14 bits per heavy atom. The van der Waals surface area contributed by atoms with Crippen molar-refractivity contribution in [2.75, 3.05) is 26.2 Å². The van der Waals surface area contributed by atoms with Crippen LogP contribution in [0.1, 0.15) is 18.5 Å². The minimum absolute atomic E-state index is 0.0868. The number of imidazole rings is 1. The van der Waals surface area contributed by atoms with Crippen LogP contribution in [0.4, 0.5) is 4.79 Å². The first-order valence-electron chi connectivity index (χ1n) is 7.85. The van der Waals surface area contributed by atoms with E-state index in [2.05, 4.69) is 20.2 Å². The third-order valence-corrected chi connectivity index (χ3v) is 4.48. The zero-order chi connectivity index (χ0) is 14.9. The summed E-state index contributed by atoms with van der Waals surface area (Å²) < 4.78 is 1.95. The number of carbonyl (C=O) groups excluding carboxylic acids is 1. The summed E-state index contributed by atoms with van der Waals surface area (Å²) in [6, 6.07) is 2.32. The molecule has 0 spiro atoms. The van der Waals surface area contributed by atoms with Gasteiger partial charge in [0.1, 0.15) is 0 Å². The van der Waals surface area contributed by atoms with E-state index in [9.17, 15) is 4.79 Å². The van der Waals surface area contributed by atoms with Crippen LogP contribution in [0.25, 0.3) is 5.78 Å². The van der Waals surface area contributed by atoms with Crippen LogP contribution in [0.5, 0.6) is 0 Å². The second kappa shape index (κ2) is 5.57. The first-order chi connectivity index (χ1) is 10.8. The molecule has 4 rings (SSSR count). The molecule has 22 heavy (non-hydrogen) atoms. The van der Waals surface area contributed by atoms with Crippen LogP contribution in [0.3, 0.4) is 0 Å². The maximum atomic E-state index is 11.8. The van der Waals surface area contributed by atoms with Gasteiger partial charge in [0, 0.05) is 50.8 Å². The van der Waals surface area contributed by atoms with Crippen molar-refractivity contribution >= 4 is 11.8 Å². The summed E-state index contributed by atoms with van der Waals surface area (Å²) in [5.41, 5.74) is 1.03. The van der Waals surface area contributed by atoms with E-state index < -0.39 is 0 Å². The second-order valence-electron chi connectivity index (χ2n) is 6.02. The SMILES string of the molecule is O=C1NCCN1C1CCCN(Cc2cn3cccnc3n2)C1. The van der Waals surface area contributed by atoms with Gasteiger partial charge in [-0.1, -0.05) is 0 Å². The lowest BCUT2D eigenvalue weighted by Crippen LogP contribution is -2.48. The summed E-state index contributed by atoms with van der Waals surface area (Å²) in [6.07, 6.45) is 7.98. The number of piperidine rings is 1. The molecule has 116 valence electrons. The average molecular weight is 300 g/mol. The summed E-state index contributed by atoms with van der Waals surface area (Å²) >= 11 is 0. The van der Waals surface area contributed by atoms with E-state index in [-0.39, 0.29) is 6.03 Å². The third-order valence-electron chi connectivity index (χ3n) is 4.48. The molecule has 0 bridgehead atoms. The Morgan fingerprint density at radius 1 is 1.36 bits per heavy atom. The first-order valence-corrected chi connectivity index (χ1v) is 7.85. The molecule has 7 nitrogen and oxygen atoms in total. The van der Waals surface area contributed by atoms with Gasteiger partial charge in [-0.05, 0) is 25.5 Å². The fourth-order valence-electron chi connectivity index (χ4n) is 3.45. The van der Waals surface area contributed by atoms with Gasteiger partial charge in [-0.15, -0.1) is 0 Å². The molecule has 2 aliphatic rings. The maximum absolute atomic E-state index is 11.8. The van der Waals surface area contributed by atoms with Gasteiger partial charge in [-0.2, -0.15) is 0 Å². The van der Waals surface area contributed by atoms with Crippen molar-refractivity contribution in [1.29, 1.82) is 0 Å². The van der Waals surface area contributed by atoms with E-state index in [0.717, 1.165) is 57.0 Å². The smallest absolute Gasteiger partial charge is 0.317 e. The zero-order valence-electron chi connectivity index (χ0n) is 12.5. The van der Waals surface area contributed by atoms with Crippen molar-refractivity contribution < 1.29 is 4.79 Å². The fourth-order valence-corrected chi connectivity index (χ4v) is 3.45. The number of amides is 2. The van der Waals surface area contributed by atoms with Crippen LogP contribution < -0.4 is 5.32 Å². The Hall–Kier alpha value is -2.15. The van der Waals surface area contributed by atoms with Gasteiger partial charge in [-0.3, -0.25) is 9.30 Å². The van der Waals surface area contributed by atoms with Gasteiger partial charge in [-0.25, -0.2) is 14.8 Å². The Balaban J connectivity index is 1.45. The van der Waals surface area contributed by atoms with Crippen LogP contribution in [-0.4, -0.2) is 62.4 Å². The molecule has 0 saturated carbocycles. The summed E-state index contributed by atoms with van der Waals surface area (Å²) in [7, 11) is 0. The molecule has 0 aliphatic carbocycles. The van der Waals surface area contributed by atoms with Crippen molar-refractivity contribution in [3.8, 4) is 0 Å². The minimum Gasteiger partial charge on any atom is -0.336 e. The standard InChI is InChI=1S/C15H20N6O/c22-15-17-5-8-21(15)13-3-1-6-19(11-13)9-12-10-20-7-2-4-16-14(20)18-12/h2,4,7,10,13H,1,3,5-6,8-9,11H2,(H,17,22). The maximum Gasteiger partial charge on any atom is 0.317 e. The van der Waals surface area contributed by atoms with Gasteiger partial charge >= 0.3 is 6.03 Å². The lowest BCUT2D eigenvalue weighted by Gasteiger charge is -2.36. The Bertz CT molecular complexity index is 650. The molecule has 2 aromatic heterocycles. The van der Waals surface area contributed by atoms with E-state index in [4.69, 9.17) is 0 Å². The number of nitrogens with one attached hydrogen (secondary N) is 1. The lowest BCUT2D eigenvalue weighted by molar-refractivity contribution is 0.121. The van der Waals surface area contributed by atoms with Crippen molar-refractivity contribution in [2.45, 2.75) is 25.4 Å². The van der Waals surface area contributed by atoms with Crippen LogP contribution in [0.15, 0.2) is 24.7 Å². The summed E-state index contributed by atoms with van der Waals surface area (Å²) in [6.45, 7) is 4.40. The molecule has 2 aromatic rings. The lowest BCUT2D eigenvalue weighted by atomic mass is 10.0.